The first-order valence-electron chi connectivity index (χ1n) is 7.81. The monoisotopic (exact) mass is 342 g/mol. The zero-order chi connectivity index (χ0) is 18.4. The molecule has 6 nitrogen and oxygen atoms in total. The fraction of sp³-hybridized carbons (Fsp3) is 0.263. The Labute approximate surface area is 147 Å². The summed E-state index contributed by atoms with van der Waals surface area (Å²) in [6.07, 6.45) is 1.43. The second-order valence-electron chi connectivity index (χ2n) is 5.67. The molecule has 132 valence electrons. The molecular formula is C19H22N2O4. The number of phenols is 1. The number of carbonyl (C=O) groups excluding carboxylic acids is 1. The molecule has 0 spiro atoms. The van der Waals surface area contributed by atoms with Crippen molar-refractivity contribution < 1.29 is 19.4 Å². The predicted octanol–water partition coefficient (Wildman–Crippen LogP) is 2.86. The number of ether oxygens (including phenoxy) is 2. The lowest BCUT2D eigenvalue weighted by Crippen LogP contribution is -2.25. The molecule has 0 saturated carbocycles. The van der Waals surface area contributed by atoms with Crippen LogP contribution >= 0.6 is 0 Å². The summed E-state index contributed by atoms with van der Waals surface area (Å²) >= 11 is 0. The van der Waals surface area contributed by atoms with Crippen LogP contribution in [0.15, 0.2) is 35.4 Å². The molecule has 0 heterocycles. The predicted molar refractivity (Wildman–Crippen MR) is 96.5 cm³/mol. The Morgan fingerprint density at radius 3 is 2.60 bits per heavy atom. The number of amides is 1. The molecule has 0 fully saturated rings. The molecule has 2 aromatic rings. The maximum absolute atomic E-state index is 11.9. The van der Waals surface area contributed by atoms with Gasteiger partial charge in [0.05, 0.1) is 13.3 Å². The number of carbonyl (C=O) groups is 1. The van der Waals surface area contributed by atoms with Crippen LogP contribution in [-0.2, 0) is 4.79 Å². The van der Waals surface area contributed by atoms with Crippen LogP contribution in [0.25, 0.3) is 0 Å². The molecule has 0 saturated heterocycles. The van der Waals surface area contributed by atoms with Crippen molar-refractivity contribution in [2.24, 2.45) is 5.10 Å². The quantitative estimate of drug-likeness (QED) is 0.625. The minimum absolute atomic E-state index is 0.00603. The smallest absolute Gasteiger partial charge is 0.277 e. The van der Waals surface area contributed by atoms with Crippen LogP contribution in [0.5, 0.6) is 17.2 Å². The highest BCUT2D eigenvalue weighted by molar-refractivity contribution is 5.83. The van der Waals surface area contributed by atoms with Gasteiger partial charge in [0.15, 0.2) is 18.1 Å². The molecule has 2 N–H and O–H groups in total. The molecule has 2 rings (SSSR count). The van der Waals surface area contributed by atoms with Crippen molar-refractivity contribution in [3.8, 4) is 17.2 Å². The van der Waals surface area contributed by atoms with E-state index >= 15 is 0 Å². The third-order valence-electron chi connectivity index (χ3n) is 3.83. The van der Waals surface area contributed by atoms with E-state index < -0.39 is 0 Å². The van der Waals surface area contributed by atoms with Crippen molar-refractivity contribution in [2.45, 2.75) is 20.8 Å². The number of nitrogens with one attached hydrogen (secondary N) is 1. The first-order valence-corrected chi connectivity index (χ1v) is 7.81. The summed E-state index contributed by atoms with van der Waals surface area (Å²) in [6, 6.07) is 8.80. The minimum atomic E-state index is -0.366. The van der Waals surface area contributed by atoms with Gasteiger partial charge in [-0.15, -0.1) is 0 Å². The summed E-state index contributed by atoms with van der Waals surface area (Å²) in [6.45, 7) is 5.77. The lowest BCUT2D eigenvalue weighted by Gasteiger charge is -2.13. The molecule has 0 atom stereocenters. The van der Waals surface area contributed by atoms with Gasteiger partial charge >= 0.3 is 0 Å². The van der Waals surface area contributed by atoms with Crippen molar-refractivity contribution in [3.63, 3.8) is 0 Å². The third kappa shape index (κ3) is 4.73. The van der Waals surface area contributed by atoms with Gasteiger partial charge in [0.2, 0.25) is 0 Å². The topological polar surface area (TPSA) is 80.2 Å². The number of hydrogen-bond donors (Lipinski definition) is 2. The molecule has 0 aliphatic carbocycles. The van der Waals surface area contributed by atoms with Crippen LogP contribution in [-0.4, -0.2) is 30.9 Å². The number of phenolic OH excluding ortho intramolecular Hbond substituents is 1. The maximum atomic E-state index is 11.9. The van der Waals surface area contributed by atoms with Gasteiger partial charge in [-0.2, -0.15) is 5.10 Å². The number of aromatic hydroxyl groups is 1. The van der Waals surface area contributed by atoms with Gasteiger partial charge in [0, 0.05) is 0 Å². The number of hydrazone groups is 1. The number of methoxy groups -OCH3 is 1. The summed E-state index contributed by atoms with van der Waals surface area (Å²) in [5.74, 6) is 0.735. The van der Waals surface area contributed by atoms with Crippen molar-refractivity contribution in [3.05, 3.63) is 52.6 Å². The van der Waals surface area contributed by atoms with Crippen LogP contribution in [0, 0.1) is 20.8 Å². The number of benzene rings is 2. The van der Waals surface area contributed by atoms with E-state index in [0.717, 1.165) is 22.4 Å². The zero-order valence-electron chi connectivity index (χ0n) is 14.8. The Balaban J connectivity index is 1.91. The highest BCUT2D eigenvalue weighted by Gasteiger charge is 2.08. The van der Waals surface area contributed by atoms with Gasteiger partial charge < -0.3 is 14.6 Å². The van der Waals surface area contributed by atoms with E-state index in [0.29, 0.717) is 11.3 Å². The van der Waals surface area contributed by atoms with Crippen LogP contribution in [0.4, 0.5) is 0 Å². The number of aryl methyl sites for hydroxylation is 2. The van der Waals surface area contributed by atoms with E-state index in [1.165, 1.54) is 19.4 Å². The summed E-state index contributed by atoms with van der Waals surface area (Å²) in [5.41, 5.74) is 6.13. The van der Waals surface area contributed by atoms with Crippen molar-refractivity contribution in [1.82, 2.24) is 5.43 Å². The Kier molecular flexibility index (Phi) is 6.00. The first-order chi connectivity index (χ1) is 11.9. The molecule has 0 aliphatic rings. The Hall–Kier alpha value is -3.02. The molecule has 0 unspecified atom stereocenters. The van der Waals surface area contributed by atoms with E-state index in [1.807, 2.05) is 32.9 Å². The lowest BCUT2D eigenvalue weighted by molar-refractivity contribution is -0.123. The van der Waals surface area contributed by atoms with Gasteiger partial charge in [-0.3, -0.25) is 4.79 Å². The van der Waals surface area contributed by atoms with Crippen LogP contribution in [0.1, 0.15) is 22.3 Å². The van der Waals surface area contributed by atoms with Crippen LogP contribution in [0.3, 0.4) is 0 Å². The second kappa shape index (κ2) is 8.19. The Morgan fingerprint density at radius 1 is 1.20 bits per heavy atom. The van der Waals surface area contributed by atoms with Gasteiger partial charge in [0.1, 0.15) is 5.75 Å². The molecule has 0 bridgehead atoms. The second-order valence-corrected chi connectivity index (χ2v) is 5.67. The number of rotatable bonds is 6. The Morgan fingerprint density at radius 2 is 1.92 bits per heavy atom. The largest absolute Gasteiger partial charge is 0.504 e. The summed E-state index contributed by atoms with van der Waals surface area (Å²) in [7, 11) is 1.47. The average molecular weight is 342 g/mol. The molecule has 2 aromatic carbocycles. The summed E-state index contributed by atoms with van der Waals surface area (Å²) in [5, 5.41) is 13.5. The molecule has 0 aliphatic heterocycles. The fourth-order valence-electron chi connectivity index (χ4n) is 2.28. The molecule has 0 radical (unpaired) electrons. The molecule has 1 amide bonds. The minimum Gasteiger partial charge on any atom is -0.504 e. The SMILES string of the molecule is COc1ccc(C=NNC(=O)COc2c(C)ccc(C)c2C)cc1O. The van der Waals surface area contributed by atoms with E-state index in [9.17, 15) is 9.90 Å². The van der Waals surface area contributed by atoms with Gasteiger partial charge in [-0.05, 0) is 61.2 Å². The number of nitrogens with zero attached hydrogens (tertiary/aromatic N) is 1. The van der Waals surface area contributed by atoms with Gasteiger partial charge in [-0.1, -0.05) is 12.1 Å². The standard InChI is InChI=1S/C19H22N2O4/c1-12-5-6-13(2)19(14(12)3)25-11-18(23)21-20-10-15-7-8-17(24-4)16(22)9-15/h5-10,22H,11H2,1-4H3,(H,21,23). The number of hydrogen-bond acceptors (Lipinski definition) is 5. The van der Waals surface area contributed by atoms with E-state index in [2.05, 4.69) is 10.5 Å². The summed E-state index contributed by atoms with van der Waals surface area (Å²) in [4.78, 5) is 11.9. The molecule has 0 aromatic heterocycles. The van der Waals surface area contributed by atoms with E-state index in [4.69, 9.17) is 9.47 Å². The van der Waals surface area contributed by atoms with Crippen LogP contribution < -0.4 is 14.9 Å². The molecule has 25 heavy (non-hydrogen) atoms. The van der Waals surface area contributed by atoms with E-state index in [1.54, 1.807) is 12.1 Å². The Bertz CT molecular complexity index is 800. The summed E-state index contributed by atoms with van der Waals surface area (Å²) < 4.78 is 10.6. The van der Waals surface area contributed by atoms with Crippen LogP contribution in [0.2, 0.25) is 0 Å². The van der Waals surface area contributed by atoms with Crippen molar-refractivity contribution >= 4 is 12.1 Å². The highest BCUT2D eigenvalue weighted by Crippen LogP contribution is 2.26. The van der Waals surface area contributed by atoms with Gasteiger partial charge in [-0.25, -0.2) is 5.43 Å². The first kappa shape index (κ1) is 18.3. The average Bonchev–Trinajstić information content (AvgIpc) is 2.58. The van der Waals surface area contributed by atoms with Gasteiger partial charge in [0.25, 0.3) is 5.91 Å². The van der Waals surface area contributed by atoms with E-state index in [-0.39, 0.29) is 18.3 Å². The highest BCUT2D eigenvalue weighted by atomic mass is 16.5. The maximum Gasteiger partial charge on any atom is 0.277 e. The van der Waals surface area contributed by atoms with Crippen molar-refractivity contribution in [2.75, 3.05) is 13.7 Å². The normalized spacial score (nSPS) is 10.7. The molecular weight excluding hydrogens is 320 g/mol. The lowest BCUT2D eigenvalue weighted by atomic mass is 10.1. The van der Waals surface area contributed by atoms with Crippen molar-refractivity contribution in [1.29, 1.82) is 0 Å². The molecule has 6 heteroatoms. The zero-order valence-corrected chi connectivity index (χ0v) is 14.8. The fourth-order valence-corrected chi connectivity index (χ4v) is 2.28. The third-order valence-corrected chi connectivity index (χ3v) is 3.83.